The minimum absolute atomic E-state index is 0.349. The third-order valence-electron chi connectivity index (χ3n) is 0.183. The van der Waals surface area contributed by atoms with Crippen LogP contribution in [0.4, 0.5) is 0 Å². The average Bonchev–Trinajstić information content (AvgIpc) is 1.38. The van der Waals surface area contributed by atoms with Gasteiger partial charge in [0.05, 0.1) is 0 Å². The standard InChI is InChI=1S/C2H6OPSi/c1-5(2)4-3/h1-2H3. The van der Waals surface area contributed by atoms with Gasteiger partial charge in [-0.15, -0.1) is 0 Å². The molecule has 0 fully saturated rings. The van der Waals surface area contributed by atoms with Gasteiger partial charge in [0, 0.05) is 0 Å². The van der Waals surface area contributed by atoms with Crippen LogP contribution in [0.15, 0.2) is 0 Å². The number of hydrogen-bond donors (Lipinski definition) is 0. The molecule has 0 aliphatic carbocycles. The molecule has 0 spiro atoms. The lowest BCUT2D eigenvalue weighted by Gasteiger charge is -1.72. The maximum absolute atomic E-state index is 9.65. The van der Waals surface area contributed by atoms with Crippen molar-refractivity contribution in [2.24, 2.45) is 0 Å². The Labute approximate surface area is 35.1 Å². The fourth-order valence-electron chi connectivity index (χ4n) is 0. The molecule has 5 heavy (non-hydrogen) atoms. The molecular formula is C2H6OPSi. The molecule has 29 valence electrons. The van der Waals surface area contributed by atoms with E-state index in [1.165, 1.54) is 0 Å². The zero-order valence-electron chi connectivity index (χ0n) is 3.36. The molecule has 0 saturated carbocycles. The smallest absolute Gasteiger partial charge is 0.163 e. The second-order valence-electron chi connectivity index (χ2n) is 1.04. The van der Waals surface area contributed by atoms with Crippen LogP contribution < -0.4 is 0 Å². The van der Waals surface area contributed by atoms with Crippen molar-refractivity contribution >= 4 is 16.5 Å². The van der Waals surface area contributed by atoms with E-state index in [0.717, 1.165) is 0 Å². The Hall–Kier alpha value is 0.317. The summed E-state index contributed by atoms with van der Waals surface area (Å²) in [5.41, 5.74) is 0. The zero-order chi connectivity index (χ0) is 4.28. The Morgan fingerprint density at radius 2 is 1.80 bits per heavy atom. The van der Waals surface area contributed by atoms with Crippen LogP contribution in [-0.2, 0) is 4.57 Å². The van der Waals surface area contributed by atoms with E-state index >= 15 is 0 Å². The molecule has 0 aromatic rings. The van der Waals surface area contributed by atoms with Crippen molar-refractivity contribution in [2.75, 3.05) is 0 Å². The molecule has 0 aliphatic rings. The second-order valence-corrected chi connectivity index (χ2v) is 6.35. The molecule has 0 aliphatic heterocycles. The maximum atomic E-state index is 9.65. The quantitative estimate of drug-likeness (QED) is 0.365. The first-order valence-electron chi connectivity index (χ1n) is 1.41. The predicted molar refractivity (Wildman–Crippen MR) is 25.1 cm³/mol. The van der Waals surface area contributed by atoms with Gasteiger partial charge in [-0.3, -0.25) is 4.57 Å². The van der Waals surface area contributed by atoms with Crippen molar-refractivity contribution in [1.29, 1.82) is 0 Å². The molecule has 0 bridgehead atoms. The van der Waals surface area contributed by atoms with Crippen molar-refractivity contribution in [1.82, 2.24) is 0 Å². The van der Waals surface area contributed by atoms with Crippen LogP contribution in [0.1, 0.15) is 0 Å². The van der Waals surface area contributed by atoms with Gasteiger partial charge >= 0.3 is 0 Å². The summed E-state index contributed by atoms with van der Waals surface area (Å²) in [5, 5.41) is 0. The van der Waals surface area contributed by atoms with E-state index in [9.17, 15) is 4.57 Å². The Kier molecular flexibility index (Phi) is 2.71. The molecule has 0 saturated heterocycles. The molecule has 0 unspecified atom stereocenters. The highest BCUT2D eigenvalue weighted by atomic mass is 31.3. The van der Waals surface area contributed by atoms with Gasteiger partial charge in [-0.2, -0.15) is 0 Å². The second kappa shape index (κ2) is 2.55. The Morgan fingerprint density at radius 3 is 1.80 bits per heavy atom. The van der Waals surface area contributed by atoms with E-state index in [4.69, 9.17) is 0 Å². The summed E-state index contributed by atoms with van der Waals surface area (Å²) in [7, 11) is -0.109. The summed E-state index contributed by atoms with van der Waals surface area (Å²) in [5.74, 6) is 0. The minimum Gasteiger partial charge on any atom is -0.283 e. The molecular weight excluding hydrogens is 99.1 g/mol. The monoisotopic (exact) mass is 105 g/mol. The van der Waals surface area contributed by atoms with E-state index in [-0.39, 0.29) is 0 Å². The van der Waals surface area contributed by atoms with Gasteiger partial charge < -0.3 is 0 Å². The SMILES string of the molecule is C[Si](C)P=O. The highest BCUT2D eigenvalue weighted by Crippen LogP contribution is 1.95. The van der Waals surface area contributed by atoms with Crippen molar-refractivity contribution in [3.8, 4) is 0 Å². The van der Waals surface area contributed by atoms with Gasteiger partial charge in [-0.05, 0) is 0 Å². The number of hydrogen-bond acceptors (Lipinski definition) is 1. The first-order valence-corrected chi connectivity index (χ1v) is 5.56. The number of rotatable bonds is 1. The third kappa shape index (κ3) is 4.32. The van der Waals surface area contributed by atoms with Gasteiger partial charge in [-0.1, -0.05) is 13.1 Å². The minimum atomic E-state index is -0.457. The normalized spacial score (nSPS) is 10.2. The van der Waals surface area contributed by atoms with Crippen LogP contribution in [0, 0.1) is 0 Å². The van der Waals surface area contributed by atoms with Crippen molar-refractivity contribution in [3.05, 3.63) is 0 Å². The highest BCUT2D eigenvalue weighted by molar-refractivity contribution is 7.66. The van der Waals surface area contributed by atoms with Gasteiger partial charge in [0.1, 0.15) is 8.01 Å². The molecule has 1 nitrogen and oxygen atoms in total. The summed E-state index contributed by atoms with van der Waals surface area (Å²) >= 11 is 0. The van der Waals surface area contributed by atoms with Crippen LogP contribution in [-0.4, -0.2) is 8.46 Å². The van der Waals surface area contributed by atoms with Crippen molar-refractivity contribution in [3.63, 3.8) is 0 Å². The summed E-state index contributed by atoms with van der Waals surface area (Å²) in [4.78, 5) is 0. The average molecular weight is 105 g/mol. The molecule has 0 heterocycles. The van der Waals surface area contributed by atoms with Crippen molar-refractivity contribution < 1.29 is 4.57 Å². The Balaban J connectivity index is 2.83. The van der Waals surface area contributed by atoms with Gasteiger partial charge in [0.25, 0.3) is 0 Å². The lowest BCUT2D eigenvalue weighted by atomic mass is 11.9. The third-order valence-corrected chi connectivity index (χ3v) is 1.64. The molecule has 0 amide bonds. The zero-order valence-corrected chi connectivity index (χ0v) is 5.25. The first kappa shape index (κ1) is 5.32. The van der Waals surface area contributed by atoms with E-state index in [0.29, 0.717) is 8.01 Å². The van der Waals surface area contributed by atoms with E-state index in [2.05, 4.69) is 0 Å². The van der Waals surface area contributed by atoms with Gasteiger partial charge in [0.15, 0.2) is 8.46 Å². The molecule has 0 rings (SSSR count). The molecule has 0 aromatic heterocycles. The van der Waals surface area contributed by atoms with Gasteiger partial charge in [-0.25, -0.2) is 0 Å². The lowest BCUT2D eigenvalue weighted by molar-refractivity contribution is 0.604. The summed E-state index contributed by atoms with van der Waals surface area (Å²) < 4.78 is 9.65. The molecule has 0 atom stereocenters. The fraction of sp³-hybridized carbons (Fsp3) is 1.00. The fourth-order valence-corrected chi connectivity index (χ4v) is 0. The van der Waals surface area contributed by atoms with Crippen LogP contribution in [0.2, 0.25) is 13.1 Å². The maximum Gasteiger partial charge on any atom is 0.163 e. The Morgan fingerprint density at radius 1 is 1.60 bits per heavy atom. The van der Waals surface area contributed by atoms with Crippen LogP contribution >= 0.6 is 8.01 Å². The van der Waals surface area contributed by atoms with Crippen molar-refractivity contribution in [2.45, 2.75) is 13.1 Å². The highest BCUT2D eigenvalue weighted by Gasteiger charge is 1.87. The van der Waals surface area contributed by atoms with Crippen LogP contribution in [0.3, 0.4) is 0 Å². The molecule has 1 radical (unpaired) electrons. The van der Waals surface area contributed by atoms with E-state index in [1.54, 1.807) is 0 Å². The summed E-state index contributed by atoms with van der Waals surface area (Å²) in [6.45, 7) is 4.00. The van der Waals surface area contributed by atoms with Crippen LogP contribution in [0.5, 0.6) is 0 Å². The summed E-state index contributed by atoms with van der Waals surface area (Å²) in [6, 6.07) is 0. The molecule has 0 N–H and O–H groups in total. The lowest BCUT2D eigenvalue weighted by Crippen LogP contribution is -1.80. The van der Waals surface area contributed by atoms with E-state index < -0.39 is 8.46 Å². The van der Waals surface area contributed by atoms with Crippen LogP contribution in [0.25, 0.3) is 0 Å². The molecule has 0 aromatic carbocycles. The van der Waals surface area contributed by atoms with Gasteiger partial charge in [0.2, 0.25) is 0 Å². The topological polar surface area (TPSA) is 17.1 Å². The Bertz CT molecular complexity index is 36.6. The summed E-state index contributed by atoms with van der Waals surface area (Å²) in [6.07, 6.45) is 0. The molecule has 3 heteroatoms. The first-order chi connectivity index (χ1) is 2.27. The predicted octanol–water partition coefficient (Wildman–Crippen LogP) is 1.53. The largest absolute Gasteiger partial charge is 0.283 e. The van der Waals surface area contributed by atoms with E-state index in [1.807, 2.05) is 13.1 Å².